The fourth-order valence-corrected chi connectivity index (χ4v) is 4.62. The van der Waals surface area contributed by atoms with E-state index in [0.717, 1.165) is 18.4 Å². The van der Waals surface area contributed by atoms with Gasteiger partial charge in [-0.3, -0.25) is 18.8 Å². The van der Waals surface area contributed by atoms with Crippen LogP contribution >= 0.6 is 0 Å². The van der Waals surface area contributed by atoms with Gasteiger partial charge in [-0.15, -0.1) is 0 Å². The summed E-state index contributed by atoms with van der Waals surface area (Å²) in [6.45, 7) is -0.716. The third-order valence-electron chi connectivity index (χ3n) is 4.24. The summed E-state index contributed by atoms with van der Waals surface area (Å²) >= 11 is 0. The lowest BCUT2D eigenvalue weighted by Crippen LogP contribution is -2.37. The first-order valence-electron chi connectivity index (χ1n) is 9.21. The number of nitrogens with one attached hydrogen (secondary N) is 2. The number of rotatable bonds is 8. The Morgan fingerprint density at radius 1 is 0.970 bits per heavy atom. The van der Waals surface area contributed by atoms with Crippen molar-refractivity contribution in [3.05, 3.63) is 78.6 Å². The zero-order valence-corrected chi connectivity index (χ0v) is 18.7. The molecule has 1 aromatic heterocycles. The van der Waals surface area contributed by atoms with Gasteiger partial charge in [0.2, 0.25) is 15.9 Å². The molecule has 0 atom stereocenters. The number of aromatic nitrogens is 1. The summed E-state index contributed by atoms with van der Waals surface area (Å²) in [6, 6.07) is 10.7. The van der Waals surface area contributed by atoms with E-state index in [9.17, 15) is 30.4 Å². The van der Waals surface area contributed by atoms with Crippen LogP contribution in [0.5, 0.6) is 0 Å². The molecule has 0 aliphatic rings. The molecule has 0 aliphatic heterocycles. The van der Waals surface area contributed by atoms with E-state index in [1.54, 1.807) is 6.07 Å². The molecule has 13 heteroatoms. The highest BCUT2D eigenvalue weighted by Gasteiger charge is 2.22. The number of pyridine rings is 1. The Kier molecular flexibility index (Phi) is 6.93. The smallest absolute Gasteiger partial charge is 0.261 e. The van der Waals surface area contributed by atoms with Crippen LogP contribution in [0.1, 0.15) is 0 Å². The summed E-state index contributed by atoms with van der Waals surface area (Å²) in [5.41, 5.74) is 0.238. The molecule has 9 nitrogen and oxygen atoms in total. The predicted molar refractivity (Wildman–Crippen MR) is 119 cm³/mol. The average Bonchev–Trinajstić information content (AvgIpc) is 2.74. The minimum atomic E-state index is -4.00. The van der Waals surface area contributed by atoms with Crippen LogP contribution in [-0.4, -0.2) is 40.5 Å². The molecule has 0 spiro atoms. The normalized spacial score (nSPS) is 11.6. The number of carbonyl (C=O) groups excluding carboxylic acids is 1. The Balaban J connectivity index is 1.72. The summed E-state index contributed by atoms with van der Waals surface area (Å²) in [5, 5.41) is 2.43. The lowest BCUT2D eigenvalue weighted by molar-refractivity contribution is -0.114. The molecule has 0 unspecified atom stereocenters. The molecule has 1 heterocycles. The van der Waals surface area contributed by atoms with Gasteiger partial charge < -0.3 is 5.32 Å². The third kappa shape index (κ3) is 6.23. The largest absolute Gasteiger partial charge is 0.325 e. The highest BCUT2D eigenvalue weighted by Crippen LogP contribution is 2.21. The van der Waals surface area contributed by atoms with E-state index in [4.69, 9.17) is 0 Å². The summed E-state index contributed by atoms with van der Waals surface area (Å²) in [4.78, 5) is 16.1. The number of hydrogen-bond acceptors (Lipinski definition) is 6. The molecule has 33 heavy (non-hydrogen) atoms. The van der Waals surface area contributed by atoms with Crippen LogP contribution < -0.4 is 14.3 Å². The molecule has 2 aromatic carbocycles. The van der Waals surface area contributed by atoms with Crippen LogP contribution in [0.3, 0.4) is 0 Å². The van der Waals surface area contributed by atoms with Crippen LogP contribution in [0.2, 0.25) is 0 Å². The maximum absolute atomic E-state index is 13.5. The van der Waals surface area contributed by atoms with E-state index < -0.39 is 44.1 Å². The van der Waals surface area contributed by atoms with Gasteiger partial charge in [-0.1, -0.05) is 0 Å². The van der Waals surface area contributed by atoms with Gasteiger partial charge >= 0.3 is 0 Å². The number of halogens is 2. The Morgan fingerprint density at radius 3 is 2.24 bits per heavy atom. The molecule has 0 bridgehead atoms. The molecular weight excluding hydrogens is 478 g/mol. The fraction of sp³-hybridized carbons (Fsp3) is 0.100. The van der Waals surface area contributed by atoms with Gasteiger partial charge in [0.05, 0.1) is 28.7 Å². The molecule has 1 amide bonds. The zero-order valence-electron chi connectivity index (χ0n) is 17.1. The van der Waals surface area contributed by atoms with E-state index in [-0.39, 0.29) is 22.0 Å². The fourth-order valence-electron chi connectivity index (χ4n) is 2.73. The predicted octanol–water partition coefficient (Wildman–Crippen LogP) is 2.57. The molecule has 0 saturated carbocycles. The van der Waals surface area contributed by atoms with Gasteiger partial charge in [-0.05, 0) is 48.5 Å². The lowest BCUT2D eigenvalue weighted by Gasteiger charge is -2.22. The maximum atomic E-state index is 13.5. The quantitative estimate of drug-likeness (QED) is 0.494. The van der Waals surface area contributed by atoms with Crippen LogP contribution in [-0.2, 0) is 24.8 Å². The van der Waals surface area contributed by atoms with E-state index in [1.165, 1.54) is 42.7 Å². The number of benzene rings is 2. The number of carbonyl (C=O) groups is 1. The Labute approximate surface area is 189 Å². The highest BCUT2D eigenvalue weighted by molar-refractivity contribution is 7.92. The van der Waals surface area contributed by atoms with E-state index >= 15 is 0 Å². The number of nitrogens with zero attached hydrogens (tertiary/aromatic N) is 2. The van der Waals surface area contributed by atoms with Gasteiger partial charge in [0.1, 0.15) is 6.54 Å². The molecule has 3 rings (SSSR count). The first kappa shape index (κ1) is 24.1. The SMILES string of the molecule is CS(=O)(=O)N(CC(=O)Nc1ccc(S(=O)(=O)Nc2cccnc2)cc1)c1ccc(F)c(F)c1. The van der Waals surface area contributed by atoms with Gasteiger partial charge in [-0.25, -0.2) is 25.6 Å². The Hall–Kier alpha value is -3.58. The zero-order chi connectivity index (χ0) is 24.2. The summed E-state index contributed by atoms with van der Waals surface area (Å²) < 4.78 is 78.7. The van der Waals surface area contributed by atoms with Gasteiger partial charge in [0.25, 0.3) is 10.0 Å². The van der Waals surface area contributed by atoms with Crippen molar-refractivity contribution in [2.75, 3.05) is 27.1 Å². The van der Waals surface area contributed by atoms with Crippen LogP contribution in [0.25, 0.3) is 0 Å². The first-order chi connectivity index (χ1) is 15.5. The standard InChI is InChI=1S/C20H18F2N4O5S2/c1-32(28,29)26(16-6-9-18(21)19(22)11-16)13-20(27)24-14-4-7-17(8-5-14)33(30,31)25-15-3-2-10-23-12-15/h2-12,25H,13H2,1H3,(H,24,27). The van der Waals surface area contributed by atoms with E-state index in [0.29, 0.717) is 10.4 Å². The molecule has 0 aliphatic carbocycles. The minimum absolute atomic E-state index is 0.0797. The molecule has 174 valence electrons. The van der Waals surface area contributed by atoms with Crippen molar-refractivity contribution >= 4 is 43.0 Å². The molecule has 0 saturated heterocycles. The topological polar surface area (TPSA) is 126 Å². The van der Waals surface area contributed by atoms with Gasteiger partial charge in [0.15, 0.2) is 11.6 Å². The average molecular weight is 497 g/mol. The lowest BCUT2D eigenvalue weighted by atomic mass is 10.3. The molecule has 3 aromatic rings. The number of amides is 1. The van der Waals surface area contributed by atoms with Crippen LogP contribution in [0.4, 0.5) is 25.8 Å². The Morgan fingerprint density at radius 2 is 1.67 bits per heavy atom. The van der Waals surface area contributed by atoms with E-state index in [2.05, 4.69) is 15.0 Å². The van der Waals surface area contributed by atoms with Crippen molar-refractivity contribution in [1.82, 2.24) is 4.98 Å². The molecule has 0 fully saturated rings. The van der Waals surface area contributed by atoms with Crippen LogP contribution in [0.15, 0.2) is 71.9 Å². The monoisotopic (exact) mass is 496 g/mol. The number of anilines is 3. The summed E-state index contributed by atoms with van der Waals surface area (Å²) in [5.74, 6) is -3.21. The number of hydrogen-bond donors (Lipinski definition) is 2. The van der Waals surface area contributed by atoms with Crippen molar-refractivity contribution < 1.29 is 30.4 Å². The second-order valence-corrected chi connectivity index (χ2v) is 10.4. The first-order valence-corrected chi connectivity index (χ1v) is 12.5. The maximum Gasteiger partial charge on any atom is 0.261 e. The highest BCUT2D eigenvalue weighted by atomic mass is 32.2. The second-order valence-electron chi connectivity index (χ2n) is 6.79. The van der Waals surface area contributed by atoms with Crippen molar-refractivity contribution in [3.63, 3.8) is 0 Å². The minimum Gasteiger partial charge on any atom is -0.325 e. The molecular formula is C20H18F2N4O5S2. The van der Waals surface area contributed by atoms with Crippen molar-refractivity contribution in [1.29, 1.82) is 0 Å². The second kappa shape index (κ2) is 9.50. The van der Waals surface area contributed by atoms with E-state index in [1.807, 2.05) is 0 Å². The van der Waals surface area contributed by atoms with Crippen molar-refractivity contribution in [2.45, 2.75) is 4.90 Å². The van der Waals surface area contributed by atoms with Gasteiger partial charge in [-0.2, -0.15) is 0 Å². The molecule has 2 N–H and O–H groups in total. The van der Waals surface area contributed by atoms with Crippen LogP contribution in [0, 0.1) is 11.6 Å². The van der Waals surface area contributed by atoms with Crippen molar-refractivity contribution in [3.8, 4) is 0 Å². The number of sulfonamides is 2. The van der Waals surface area contributed by atoms with Crippen molar-refractivity contribution in [2.24, 2.45) is 0 Å². The summed E-state index contributed by atoms with van der Waals surface area (Å²) in [6.07, 6.45) is 3.65. The third-order valence-corrected chi connectivity index (χ3v) is 6.78. The molecule has 0 radical (unpaired) electrons. The van der Waals surface area contributed by atoms with Gasteiger partial charge in [0, 0.05) is 18.0 Å². The summed E-state index contributed by atoms with van der Waals surface area (Å²) in [7, 11) is -7.90. The Bertz CT molecular complexity index is 1370.